The van der Waals surface area contributed by atoms with E-state index in [9.17, 15) is 4.79 Å². The number of anilines is 1. The Bertz CT molecular complexity index is 560. The molecule has 3 N–H and O–H groups in total. The molecule has 1 heterocycles. The van der Waals surface area contributed by atoms with Crippen molar-refractivity contribution in [3.63, 3.8) is 0 Å². The number of nitrogens with one attached hydrogen (secondary N) is 1. The topological polar surface area (TPSA) is 90.1 Å². The van der Waals surface area contributed by atoms with Gasteiger partial charge in [0.15, 0.2) is 0 Å². The third-order valence-electron chi connectivity index (χ3n) is 2.57. The molecule has 0 fully saturated rings. The van der Waals surface area contributed by atoms with Gasteiger partial charge in [0, 0.05) is 12.4 Å². The first kappa shape index (κ1) is 13.8. The van der Waals surface area contributed by atoms with E-state index >= 15 is 0 Å². The summed E-state index contributed by atoms with van der Waals surface area (Å²) in [5, 5.41) is 3.22. The van der Waals surface area contributed by atoms with E-state index in [-0.39, 0.29) is 18.9 Å². The monoisotopic (exact) mass is 272 g/mol. The first-order chi connectivity index (χ1) is 9.75. The molecule has 0 spiro atoms. The molecule has 0 bridgehead atoms. The highest BCUT2D eigenvalue weighted by Gasteiger charge is 2.04. The lowest BCUT2D eigenvalue weighted by molar-refractivity contribution is -0.118. The van der Waals surface area contributed by atoms with Gasteiger partial charge in [-0.05, 0) is 12.1 Å². The van der Waals surface area contributed by atoms with Crippen molar-refractivity contribution >= 4 is 11.6 Å². The van der Waals surface area contributed by atoms with Crippen LogP contribution in [0.15, 0.2) is 42.9 Å². The minimum absolute atomic E-state index is 0.193. The first-order valence-corrected chi connectivity index (χ1v) is 6.24. The number of carbonyl (C=O) groups is 1. The Balaban J connectivity index is 1.95. The van der Waals surface area contributed by atoms with Crippen LogP contribution < -0.4 is 15.8 Å². The van der Waals surface area contributed by atoms with Gasteiger partial charge in [-0.1, -0.05) is 12.1 Å². The number of para-hydroxylation sites is 2. The smallest absolute Gasteiger partial charge is 0.220 e. The molecule has 104 valence electrons. The molecule has 6 heteroatoms. The summed E-state index contributed by atoms with van der Waals surface area (Å²) in [6.45, 7) is 0.809. The summed E-state index contributed by atoms with van der Waals surface area (Å²) in [5.74, 6) is 0.299. The number of nitrogens with two attached hydrogens (primary N) is 1. The van der Waals surface area contributed by atoms with E-state index in [2.05, 4.69) is 15.3 Å². The van der Waals surface area contributed by atoms with Gasteiger partial charge in [0.05, 0.1) is 37.2 Å². The third kappa shape index (κ3) is 4.24. The predicted octanol–water partition coefficient (Wildman–Crippen LogP) is 1.34. The number of benzene rings is 1. The van der Waals surface area contributed by atoms with Gasteiger partial charge in [-0.3, -0.25) is 14.8 Å². The van der Waals surface area contributed by atoms with Crippen LogP contribution in [0.4, 0.5) is 5.69 Å². The highest BCUT2D eigenvalue weighted by molar-refractivity contribution is 5.73. The van der Waals surface area contributed by atoms with E-state index < -0.39 is 0 Å². The van der Waals surface area contributed by atoms with Crippen LogP contribution in [-0.4, -0.2) is 22.5 Å². The fourth-order valence-electron chi connectivity index (χ4n) is 1.61. The van der Waals surface area contributed by atoms with E-state index in [4.69, 9.17) is 10.5 Å². The van der Waals surface area contributed by atoms with E-state index in [1.165, 1.54) is 0 Å². The summed E-state index contributed by atoms with van der Waals surface area (Å²) in [4.78, 5) is 18.9. The normalized spacial score (nSPS) is 10.0. The van der Waals surface area contributed by atoms with Gasteiger partial charge >= 0.3 is 0 Å². The van der Waals surface area contributed by atoms with Crippen molar-refractivity contribution in [1.82, 2.24) is 9.97 Å². The maximum Gasteiger partial charge on any atom is 0.220 e. The Morgan fingerprint density at radius 2 is 2.15 bits per heavy atom. The fourth-order valence-corrected chi connectivity index (χ4v) is 1.61. The van der Waals surface area contributed by atoms with E-state index in [1.807, 2.05) is 24.3 Å². The summed E-state index contributed by atoms with van der Waals surface area (Å²) in [5.41, 5.74) is 6.75. The van der Waals surface area contributed by atoms with Gasteiger partial charge < -0.3 is 15.8 Å². The summed E-state index contributed by atoms with van der Waals surface area (Å²) >= 11 is 0. The van der Waals surface area contributed by atoms with Gasteiger partial charge in [0.25, 0.3) is 0 Å². The lowest BCUT2D eigenvalue weighted by Gasteiger charge is -2.12. The van der Waals surface area contributed by atoms with Crippen LogP contribution in [0.3, 0.4) is 0 Å². The molecule has 0 saturated carbocycles. The van der Waals surface area contributed by atoms with Gasteiger partial charge in [-0.25, -0.2) is 0 Å². The Morgan fingerprint density at radius 1 is 1.30 bits per heavy atom. The number of primary amides is 1. The standard InChI is InChI=1S/C14H16N4O2/c15-14(19)5-8-20-13-4-2-1-3-12(13)18-10-11-9-16-6-7-17-11/h1-4,6-7,9,18H,5,8,10H2,(H2,15,19). The number of aromatic nitrogens is 2. The Hall–Kier alpha value is -2.63. The maximum absolute atomic E-state index is 10.7. The van der Waals surface area contributed by atoms with Gasteiger partial charge in [0.2, 0.25) is 5.91 Å². The quantitative estimate of drug-likeness (QED) is 0.794. The molecule has 0 atom stereocenters. The largest absolute Gasteiger partial charge is 0.491 e. The second-order valence-corrected chi connectivity index (χ2v) is 4.11. The number of carbonyl (C=O) groups excluding carboxylic acids is 1. The SMILES string of the molecule is NC(=O)CCOc1ccccc1NCc1cnccn1. The molecule has 20 heavy (non-hydrogen) atoms. The number of ether oxygens (including phenoxy) is 1. The zero-order valence-corrected chi connectivity index (χ0v) is 11.0. The minimum Gasteiger partial charge on any atom is -0.491 e. The Labute approximate surface area is 117 Å². The molecule has 2 rings (SSSR count). The number of amides is 1. The number of rotatable bonds is 7. The Kier molecular flexibility index (Phi) is 4.88. The molecule has 6 nitrogen and oxygen atoms in total. The molecule has 0 aliphatic carbocycles. The molecule has 1 amide bonds. The van der Waals surface area contributed by atoms with E-state index in [0.29, 0.717) is 12.3 Å². The van der Waals surface area contributed by atoms with Gasteiger partial charge in [-0.2, -0.15) is 0 Å². The number of nitrogens with zero attached hydrogens (tertiary/aromatic N) is 2. The highest BCUT2D eigenvalue weighted by atomic mass is 16.5. The van der Waals surface area contributed by atoms with Crippen LogP contribution >= 0.6 is 0 Å². The number of hydrogen-bond acceptors (Lipinski definition) is 5. The van der Waals surface area contributed by atoms with Crippen molar-refractivity contribution in [3.8, 4) is 5.75 Å². The third-order valence-corrected chi connectivity index (χ3v) is 2.57. The molecule has 0 aliphatic heterocycles. The summed E-state index contributed by atoms with van der Waals surface area (Å²) < 4.78 is 5.54. The number of hydrogen-bond donors (Lipinski definition) is 2. The van der Waals surface area contributed by atoms with E-state index in [1.54, 1.807) is 18.6 Å². The molecular weight excluding hydrogens is 256 g/mol. The van der Waals surface area contributed by atoms with Crippen molar-refractivity contribution in [2.45, 2.75) is 13.0 Å². The fraction of sp³-hybridized carbons (Fsp3) is 0.214. The minimum atomic E-state index is -0.380. The highest BCUT2D eigenvalue weighted by Crippen LogP contribution is 2.24. The lowest BCUT2D eigenvalue weighted by atomic mass is 10.3. The zero-order chi connectivity index (χ0) is 14.2. The predicted molar refractivity (Wildman–Crippen MR) is 75.1 cm³/mol. The summed E-state index contributed by atoms with van der Waals surface area (Å²) in [6, 6.07) is 7.50. The summed E-state index contributed by atoms with van der Waals surface area (Å²) in [6.07, 6.45) is 5.17. The van der Waals surface area contributed by atoms with Crippen molar-refractivity contribution in [1.29, 1.82) is 0 Å². The summed E-state index contributed by atoms with van der Waals surface area (Å²) in [7, 11) is 0. The molecule has 1 aromatic heterocycles. The van der Waals surface area contributed by atoms with Crippen molar-refractivity contribution in [2.75, 3.05) is 11.9 Å². The average Bonchev–Trinajstić information content (AvgIpc) is 2.47. The molecule has 0 unspecified atom stereocenters. The van der Waals surface area contributed by atoms with Crippen LogP contribution in [0.1, 0.15) is 12.1 Å². The second-order valence-electron chi connectivity index (χ2n) is 4.11. The zero-order valence-electron chi connectivity index (χ0n) is 11.0. The molecule has 2 aromatic rings. The van der Waals surface area contributed by atoms with Gasteiger partial charge in [-0.15, -0.1) is 0 Å². The first-order valence-electron chi connectivity index (χ1n) is 6.24. The second kappa shape index (κ2) is 7.08. The van der Waals surface area contributed by atoms with Gasteiger partial charge in [0.1, 0.15) is 5.75 Å². The van der Waals surface area contributed by atoms with Crippen molar-refractivity contribution < 1.29 is 9.53 Å². The van der Waals surface area contributed by atoms with Crippen molar-refractivity contribution in [3.05, 3.63) is 48.5 Å². The Morgan fingerprint density at radius 3 is 2.90 bits per heavy atom. The molecular formula is C14H16N4O2. The lowest BCUT2D eigenvalue weighted by Crippen LogP contribution is -2.15. The molecule has 0 saturated heterocycles. The van der Waals surface area contributed by atoms with Crippen LogP contribution in [0.5, 0.6) is 5.75 Å². The van der Waals surface area contributed by atoms with Crippen LogP contribution in [0.2, 0.25) is 0 Å². The molecule has 0 aliphatic rings. The maximum atomic E-state index is 10.7. The molecule has 1 aromatic carbocycles. The average molecular weight is 272 g/mol. The molecule has 0 radical (unpaired) electrons. The van der Waals surface area contributed by atoms with Crippen molar-refractivity contribution in [2.24, 2.45) is 5.73 Å². The van der Waals surface area contributed by atoms with E-state index in [0.717, 1.165) is 11.4 Å². The van der Waals surface area contributed by atoms with Crippen LogP contribution in [0, 0.1) is 0 Å². The van der Waals surface area contributed by atoms with Crippen LogP contribution in [0.25, 0.3) is 0 Å². The van der Waals surface area contributed by atoms with Crippen LogP contribution in [-0.2, 0) is 11.3 Å².